The molecule has 22 heavy (non-hydrogen) atoms. The number of hydrazine groups is 1. The molecule has 0 aromatic carbocycles. The first kappa shape index (κ1) is 14.9. The lowest BCUT2D eigenvalue weighted by Gasteiger charge is -2.37. The zero-order chi connectivity index (χ0) is 16.1. The lowest BCUT2D eigenvalue weighted by molar-refractivity contribution is -0.201. The van der Waals surface area contributed by atoms with Crippen LogP contribution in [0, 0.1) is 6.92 Å². The van der Waals surface area contributed by atoms with Gasteiger partial charge >= 0.3 is 6.18 Å². The number of aryl methyl sites for hydroxylation is 1. The van der Waals surface area contributed by atoms with Crippen LogP contribution in [0.15, 0.2) is 45.4 Å². The summed E-state index contributed by atoms with van der Waals surface area (Å²) >= 11 is 0. The second-order valence-corrected chi connectivity index (χ2v) is 5.44. The van der Waals surface area contributed by atoms with E-state index < -0.39 is 12.2 Å². The van der Waals surface area contributed by atoms with Gasteiger partial charge in [-0.05, 0) is 39.0 Å². The Balaban J connectivity index is 1.90. The number of rotatable bonds is 2. The number of allylic oxidation sites excluding steroid dienone is 2. The van der Waals surface area contributed by atoms with Crippen LogP contribution in [0.1, 0.15) is 25.2 Å². The van der Waals surface area contributed by atoms with E-state index in [0.29, 0.717) is 17.2 Å². The molecule has 3 rings (SSSR count). The number of aliphatic imine (C=N–C) groups is 1. The summed E-state index contributed by atoms with van der Waals surface area (Å²) in [5.74, 6) is 1.28. The minimum atomic E-state index is -4.28. The van der Waals surface area contributed by atoms with Crippen molar-refractivity contribution in [1.82, 2.24) is 10.0 Å². The highest BCUT2D eigenvalue weighted by Crippen LogP contribution is 2.34. The molecule has 0 unspecified atom stereocenters. The van der Waals surface area contributed by atoms with Crippen LogP contribution in [0.5, 0.6) is 0 Å². The molecule has 2 aliphatic heterocycles. The van der Waals surface area contributed by atoms with Crippen molar-refractivity contribution >= 4 is 5.71 Å². The summed E-state index contributed by atoms with van der Waals surface area (Å²) in [6.45, 7) is 4.94. The second kappa shape index (κ2) is 5.01. The van der Waals surface area contributed by atoms with E-state index in [1.54, 1.807) is 25.3 Å². The molecule has 0 spiro atoms. The molecule has 1 aromatic rings. The van der Waals surface area contributed by atoms with E-state index in [1.807, 2.05) is 13.0 Å². The van der Waals surface area contributed by atoms with Gasteiger partial charge in [0, 0.05) is 17.8 Å². The quantitative estimate of drug-likeness (QED) is 0.836. The molecule has 0 radical (unpaired) electrons. The number of alkyl halides is 3. The third-order valence-corrected chi connectivity index (χ3v) is 3.80. The zero-order valence-corrected chi connectivity index (χ0v) is 12.5. The summed E-state index contributed by atoms with van der Waals surface area (Å²) in [6, 6.07) is 0.279. The zero-order valence-electron chi connectivity index (χ0n) is 12.5. The van der Waals surface area contributed by atoms with E-state index in [4.69, 9.17) is 4.42 Å². The molecule has 0 N–H and O–H groups in total. The largest absolute Gasteiger partial charge is 0.469 e. The molecule has 2 aliphatic rings. The molecule has 3 heterocycles. The molecule has 0 saturated carbocycles. The molecular formula is C15H16F3N3O. The summed E-state index contributed by atoms with van der Waals surface area (Å²) in [6.07, 6.45) is 0.781. The van der Waals surface area contributed by atoms with Crippen molar-refractivity contribution in [2.24, 2.45) is 4.99 Å². The topological polar surface area (TPSA) is 32.0 Å². The maximum atomic E-state index is 13.0. The SMILES string of the molecule is CC1=CC(c2coc(C)c2)=NC2=CCN([C@H](C)C(F)(F)F)N12. The maximum absolute atomic E-state index is 13.0. The lowest BCUT2D eigenvalue weighted by Crippen LogP contribution is -2.49. The van der Waals surface area contributed by atoms with E-state index in [2.05, 4.69) is 4.99 Å². The highest BCUT2D eigenvalue weighted by atomic mass is 19.4. The van der Waals surface area contributed by atoms with Gasteiger partial charge in [0.2, 0.25) is 0 Å². The van der Waals surface area contributed by atoms with Crippen LogP contribution in [0.25, 0.3) is 0 Å². The van der Waals surface area contributed by atoms with E-state index >= 15 is 0 Å². The van der Waals surface area contributed by atoms with Gasteiger partial charge in [0.1, 0.15) is 23.9 Å². The molecule has 0 aliphatic carbocycles. The van der Waals surface area contributed by atoms with Gasteiger partial charge in [-0.15, -0.1) is 0 Å². The Kier molecular flexibility index (Phi) is 3.40. The number of furan rings is 1. The monoisotopic (exact) mass is 311 g/mol. The van der Waals surface area contributed by atoms with Crippen LogP contribution in [-0.4, -0.2) is 34.5 Å². The Morgan fingerprint density at radius 2 is 2.05 bits per heavy atom. The minimum absolute atomic E-state index is 0.183. The van der Waals surface area contributed by atoms with Crippen LogP contribution in [0.4, 0.5) is 13.2 Å². The fourth-order valence-electron chi connectivity index (χ4n) is 2.59. The lowest BCUT2D eigenvalue weighted by atomic mass is 10.1. The van der Waals surface area contributed by atoms with Crippen LogP contribution >= 0.6 is 0 Å². The molecule has 118 valence electrons. The van der Waals surface area contributed by atoms with Gasteiger partial charge in [-0.3, -0.25) is 5.01 Å². The van der Waals surface area contributed by atoms with E-state index in [1.165, 1.54) is 10.0 Å². The van der Waals surface area contributed by atoms with Crippen molar-refractivity contribution in [3.8, 4) is 0 Å². The third kappa shape index (κ3) is 2.45. The summed E-state index contributed by atoms with van der Waals surface area (Å²) in [7, 11) is 0. The Labute approximate surface area is 126 Å². The summed E-state index contributed by atoms with van der Waals surface area (Å²) in [5, 5.41) is 2.79. The van der Waals surface area contributed by atoms with Gasteiger partial charge in [0.15, 0.2) is 0 Å². The average Bonchev–Trinajstić information content (AvgIpc) is 3.03. The van der Waals surface area contributed by atoms with Crippen LogP contribution < -0.4 is 0 Å². The van der Waals surface area contributed by atoms with Crippen molar-refractivity contribution in [2.45, 2.75) is 33.0 Å². The predicted octanol–water partition coefficient (Wildman–Crippen LogP) is 3.62. The molecule has 1 atom stereocenters. The van der Waals surface area contributed by atoms with Gasteiger partial charge in [0.25, 0.3) is 0 Å². The number of hydrogen-bond acceptors (Lipinski definition) is 4. The predicted molar refractivity (Wildman–Crippen MR) is 75.9 cm³/mol. The average molecular weight is 311 g/mol. The molecule has 0 fully saturated rings. The first-order valence-corrected chi connectivity index (χ1v) is 6.93. The second-order valence-electron chi connectivity index (χ2n) is 5.44. The van der Waals surface area contributed by atoms with E-state index in [0.717, 1.165) is 18.2 Å². The molecule has 0 amide bonds. The summed E-state index contributed by atoms with van der Waals surface area (Å²) in [4.78, 5) is 4.45. The van der Waals surface area contributed by atoms with Crippen LogP contribution in [0.3, 0.4) is 0 Å². The van der Waals surface area contributed by atoms with Gasteiger partial charge in [0.05, 0.1) is 5.71 Å². The Bertz CT molecular complexity index is 684. The highest BCUT2D eigenvalue weighted by molar-refractivity contribution is 6.09. The van der Waals surface area contributed by atoms with Crippen molar-refractivity contribution in [2.75, 3.05) is 6.54 Å². The minimum Gasteiger partial charge on any atom is -0.469 e. The van der Waals surface area contributed by atoms with E-state index in [-0.39, 0.29) is 6.54 Å². The number of halogens is 3. The van der Waals surface area contributed by atoms with E-state index in [9.17, 15) is 13.2 Å². The van der Waals surface area contributed by atoms with Crippen molar-refractivity contribution in [3.63, 3.8) is 0 Å². The van der Waals surface area contributed by atoms with Crippen molar-refractivity contribution < 1.29 is 17.6 Å². The van der Waals surface area contributed by atoms with Crippen LogP contribution in [-0.2, 0) is 0 Å². The van der Waals surface area contributed by atoms with Gasteiger partial charge in [-0.25, -0.2) is 4.99 Å². The number of hydrogen-bond donors (Lipinski definition) is 0. The molecule has 0 saturated heterocycles. The number of fused-ring (bicyclic) bond motifs is 1. The fourth-order valence-corrected chi connectivity index (χ4v) is 2.59. The van der Waals surface area contributed by atoms with Crippen LogP contribution in [0.2, 0.25) is 0 Å². The smallest absolute Gasteiger partial charge is 0.405 e. The Hall–Kier alpha value is -2.02. The Morgan fingerprint density at radius 3 is 2.64 bits per heavy atom. The fraction of sp³-hybridized carbons (Fsp3) is 0.400. The normalized spacial score (nSPS) is 20.5. The Morgan fingerprint density at radius 1 is 1.32 bits per heavy atom. The molecule has 7 heteroatoms. The highest BCUT2D eigenvalue weighted by Gasteiger charge is 2.45. The van der Waals surface area contributed by atoms with Crippen molar-refractivity contribution in [1.29, 1.82) is 0 Å². The standard InChI is InChI=1S/C15H16F3N3O/c1-9-6-13(12-7-10(2)22-8-12)19-14-4-5-20(21(9)14)11(3)15(16,17)18/h4,6-8,11H,5H2,1-3H3/t11-/m1/s1. The van der Waals surface area contributed by atoms with Gasteiger partial charge in [-0.2, -0.15) is 18.2 Å². The molecule has 0 bridgehead atoms. The third-order valence-electron chi connectivity index (χ3n) is 3.80. The first-order valence-electron chi connectivity index (χ1n) is 6.93. The summed E-state index contributed by atoms with van der Waals surface area (Å²) < 4.78 is 44.2. The number of nitrogens with zero attached hydrogens (tertiary/aromatic N) is 3. The van der Waals surface area contributed by atoms with Gasteiger partial charge in [-0.1, -0.05) is 0 Å². The molecule has 4 nitrogen and oxygen atoms in total. The van der Waals surface area contributed by atoms with Crippen molar-refractivity contribution in [3.05, 3.63) is 47.3 Å². The first-order chi connectivity index (χ1) is 10.3. The molecular weight excluding hydrogens is 295 g/mol. The maximum Gasteiger partial charge on any atom is 0.405 e. The summed E-state index contributed by atoms with van der Waals surface area (Å²) in [5.41, 5.74) is 2.21. The molecule has 1 aromatic heterocycles. The van der Waals surface area contributed by atoms with Gasteiger partial charge < -0.3 is 4.42 Å².